The maximum absolute atomic E-state index is 11.7. The Labute approximate surface area is 109 Å². The quantitative estimate of drug-likeness (QED) is 0.855. The second kappa shape index (κ2) is 6.16. The molecule has 96 valence electrons. The summed E-state index contributed by atoms with van der Waals surface area (Å²) in [5.74, 6) is 0.381. The molecule has 0 aliphatic heterocycles. The molecule has 0 spiro atoms. The molecular formula is C12H11N5O2. The molecule has 0 saturated heterocycles. The highest BCUT2D eigenvalue weighted by molar-refractivity contribution is 5.90. The maximum atomic E-state index is 11.7. The van der Waals surface area contributed by atoms with Crippen LogP contribution in [0, 0.1) is 11.3 Å². The lowest BCUT2D eigenvalue weighted by molar-refractivity contribution is -0.116. The second-order valence-corrected chi connectivity index (χ2v) is 3.61. The zero-order chi connectivity index (χ0) is 13.5. The third-order valence-electron chi connectivity index (χ3n) is 2.21. The van der Waals surface area contributed by atoms with Gasteiger partial charge in [-0.25, -0.2) is 9.67 Å². The van der Waals surface area contributed by atoms with E-state index in [1.54, 1.807) is 24.3 Å². The molecule has 1 heterocycles. The van der Waals surface area contributed by atoms with Crippen LogP contribution in [-0.2, 0) is 11.3 Å². The van der Waals surface area contributed by atoms with Crippen LogP contribution in [0.1, 0.15) is 0 Å². The predicted octanol–water partition coefficient (Wildman–Crippen LogP) is 0.819. The van der Waals surface area contributed by atoms with Crippen LogP contribution in [0.5, 0.6) is 5.75 Å². The number of hydrogen-bond donors (Lipinski definition) is 1. The van der Waals surface area contributed by atoms with Crippen molar-refractivity contribution in [2.75, 3.05) is 11.9 Å². The van der Waals surface area contributed by atoms with Gasteiger partial charge in [-0.3, -0.25) is 4.79 Å². The van der Waals surface area contributed by atoms with Crippen LogP contribution in [-0.4, -0.2) is 27.3 Å². The molecule has 1 N–H and O–H groups in total. The summed E-state index contributed by atoms with van der Waals surface area (Å²) in [6, 6.07) is 8.65. The number of carbonyl (C=O) groups excluding carboxylic acids is 1. The number of amides is 1. The molecule has 19 heavy (non-hydrogen) atoms. The average molecular weight is 257 g/mol. The summed E-state index contributed by atoms with van der Waals surface area (Å²) >= 11 is 0. The van der Waals surface area contributed by atoms with Gasteiger partial charge < -0.3 is 10.1 Å². The summed E-state index contributed by atoms with van der Waals surface area (Å²) in [5.41, 5.74) is 0.648. The molecule has 1 aromatic heterocycles. The second-order valence-electron chi connectivity index (χ2n) is 3.61. The number of anilines is 1. The Morgan fingerprint density at radius 1 is 1.42 bits per heavy atom. The highest BCUT2D eigenvalue weighted by Crippen LogP contribution is 2.15. The standard InChI is InChI=1S/C12H11N5O2/c13-5-6-19-11-3-1-10(2-4-11)16-12(18)7-17-9-14-8-15-17/h1-4,8-9H,6-7H2,(H,16,18). The molecular weight excluding hydrogens is 246 g/mol. The van der Waals surface area contributed by atoms with E-state index in [1.807, 2.05) is 6.07 Å². The smallest absolute Gasteiger partial charge is 0.246 e. The van der Waals surface area contributed by atoms with Gasteiger partial charge in [-0.1, -0.05) is 0 Å². The van der Waals surface area contributed by atoms with E-state index < -0.39 is 0 Å². The Bertz CT molecular complexity index is 571. The van der Waals surface area contributed by atoms with Crippen LogP contribution in [0.3, 0.4) is 0 Å². The van der Waals surface area contributed by atoms with Gasteiger partial charge in [0.15, 0.2) is 6.61 Å². The number of nitrogens with one attached hydrogen (secondary N) is 1. The summed E-state index contributed by atoms with van der Waals surface area (Å²) in [7, 11) is 0. The minimum Gasteiger partial charge on any atom is -0.479 e. The van der Waals surface area contributed by atoms with Gasteiger partial charge in [0.2, 0.25) is 5.91 Å². The molecule has 1 aromatic carbocycles. The molecule has 0 saturated carbocycles. The maximum Gasteiger partial charge on any atom is 0.246 e. The molecule has 0 radical (unpaired) electrons. The summed E-state index contributed by atoms with van der Waals surface area (Å²) in [5, 5.41) is 14.9. The first kappa shape index (κ1) is 12.6. The average Bonchev–Trinajstić information content (AvgIpc) is 2.90. The van der Waals surface area contributed by atoms with Crippen molar-refractivity contribution in [1.82, 2.24) is 14.8 Å². The van der Waals surface area contributed by atoms with Crippen molar-refractivity contribution in [2.45, 2.75) is 6.54 Å². The molecule has 0 aliphatic carbocycles. The Hall–Kier alpha value is -2.88. The van der Waals surface area contributed by atoms with E-state index in [-0.39, 0.29) is 19.1 Å². The van der Waals surface area contributed by atoms with Gasteiger partial charge in [-0.15, -0.1) is 0 Å². The van der Waals surface area contributed by atoms with Crippen molar-refractivity contribution in [2.24, 2.45) is 0 Å². The fourth-order valence-corrected chi connectivity index (χ4v) is 1.41. The molecule has 7 nitrogen and oxygen atoms in total. The molecule has 2 rings (SSSR count). The van der Waals surface area contributed by atoms with Crippen molar-refractivity contribution < 1.29 is 9.53 Å². The zero-order valence-corrected chi connectivity index (χ0v) is 9.98. The van der Waals surface area contributed by atoms with Crippen molar-refractivity contribution >= 4 is 11.6 Å². The molecule has 0 atom stereocenters. The van der Waals surface area contributed by atoms with Gasteiger partial charge >= 0.3 is 0 Å². The lowest BCUT2D eigenvalue weighted by Crippen LogP contribution is -2.18. The number of nitrogens with zero attached hydrogens (tertiary/aromatic N) is 4. The first-order valence-corrected chi connectivity index (χ1v) is 5.50. The van der Waals surface area contributed by atoms with Gasteiger partial charge in [0, 0.05) is 5.69 Å². The molecule has 0 aliphatic rings. The Morgan fingerprint density at radius 3 is 2.84 bits per heavy atom. The molecule has 0 unspecified atom stereocenters. The zero-order valence-electron chi connectivity index (χ0n) is 9.98. The van der Waals surface area contributed by atoms with E-state index in [1.165, 1.54) is 17.3 Å². The van der Waals surface area contributed by atoms with Crippen LogP contribution < -0.4 is 10.1 Å². The van der Waals surface area contributed by atoms with E-state index in [4.69, 9.17) is 10.00 Å². The summed E-state index contributed by atoms with van der Waals surface area (Å²) in [6.45, 7) is 0.102. The Kier molecular flexibility index (Phi) is 4.08. The number of rotatable bonds is 5. The van der Waals surface area contributed by atoms with Gasteiger partial charge in [0.05, 0.1) is 0 Å². The monoisotopic (exact) mass is 257 g/mol. The fourth-order valence-electron chi connectivity index (χ4n) is 1.41. The number of benzene rings is 1. The molecule has 0 fully saturated rings. The van der Waals surface area contributed by atoms with Gasteiger partial charge in [-0.05, 0) is 24.3 Å². The fraction of sp³-hybridized carbons (Fsp3) is 0.167. The molecule has 0 bridgehead atoms. The number of aromatic nitrogens is 3. The lowest BCUT2D eigenvalue weighted by atomic mass is 10.3. The number of hydrogen-bond acceptors (Lipinski definition) is 5. The summed E-state index contributed by atoms with van der Waals surface area (Å²) < 4.78 is 6.53. The largest absolute Gasteiger partial charge is 0.479 e. The van der Waals surface area contributed by atoms with E-state index >= 15 is 0 Å². The Morgan fingerprint density at radius 2 is 2.21 bits per heavy atom. The molecule has 2 aromatic rings. The third kappa shape index (κ3) is 3.81. The number of nitriles is 1. The van der Waals surface area contributed by atoms with Gasteiger partial charge in [0.1, 0.15) is 31.0 Å². The first-order chi connectivity index (χ1) is 9.28. The van der Waals surface area contributed by atoms with Crippen LogP contribution in [0.15, 0.2) is 36.9 Å². The van der Waals surface area contributed by atoms with Crippen LogP contribution >= 0.6 is 0 Å². The number of ether oxygens (including phenoxy) is 1. The normalized spacial score (nSPS) is 9.63. The molecule has 7 heteroatoms. The van der Waals surface area contributed by atoms with E-state index in [0.29, 0.717) is 11.4 Å². The van der Waals surface area contributed by atoms with Gasteiger partial charge in [0.25, 0.3) is 0 Å². The molecule has 1 amide bonds. The topological polar surface area (TPSA) is 92.8 Å². The van der Waals surface area contributed by atoms with Gasteiger partial charge in [-0.2, -0.15) is 10.4 Å². The summed E-state index contributed by atoms with van der Waals surface area (Å²) in [6.07, 6.45) is 2.84. The van der Waals surface area contributed by atoms with Crippen molar-refractivity contribution in [3.05, 3.63) is 36.9 Å². The minimum absolute atomic E-state index is 0.00198. The van der Waals surface area contributed by atoms with E-state index in [0.717, 1.165) is 0 Å². The van der Waals surface area contributed by atoms with E-state index in [9.17, 15) is 4.79 Å². The SMILES string of the molecule is N#CCOc1ccc(NC(=O)Cn2cncn2)cc1. The van der Waals surface area contributed by atoms with Crippen molar-refractivity contribution in [3.8, 4) is 11.8 Å². The van der Waals surface area contributed by atoms with Crippen LogP contribution in [0.25, 0.3) is 0 Å². The minimum atomic E-state index is -0.198. The Balaban J connectivity index is 1.88. The van der Waals surface area contributed by atoms with E-state index in [2.05, 4.69) is 15.4 Å². The van der Waals surface area contributed by atoms with Crippen molar-refractivity contribution in [1.29, 1.82) is 5.26 Å². The third-order valence-corrected chi connectivity index (χ3v) is 2.21. The highest BCUT2D eigenvalue weighted by atomic mass is 16.5. The van der Waals surface area contributed by atoms with Crippen LogP contribution in [0.4, 0.5) is 5.69 Å². The van der Waals surface area contributed by atoms with Crippen molar-refractivity contribution in [3.63, 3.8) is 0 Å². The first-order valence-electron chi connectivity index (χ1n) is 5.50. The van der Waals surface area contributed by atoms with Crippen LogP contribution in [0.2, 0.25) is 0 Å². The number of carbonyl (C=O) groups is 1. The lowest BCUT2D eigenvalue weighted by Gasteiger charge is -2.06. The predicted molar refractivity (Wildman–Crippen MR) is 66.2 cm³/mol. The highest BCUT2D eigenvalue weighted by Gasteiger charge is 2.04. The summed E-state index contributed by atoms with van der Waals surface area (Å²) in [4.78, 5) is 15.4.